The van der Waals surface area contributed by atoms with Gasteiger partial charge in [0.05, 0.1) is 25.4 Å². The second-order valence-electron chi connectivity index (χ2n) is 8.89. The minimum atomic E-state index is -0.840. The minimum Gasteiger partial charge on any atom is -0.493 e. The summed E-state index contributed by atoms with van der Waals surface area (Å²) in [6.45, 7) is 4.43. The summed E-state index contributed by atoms with van der Waals surface area (Å²) in [6, 6.07) is 18.1. The largest absolute Gasteiger partial charge is 0.493 e. The molecular weight excluding hydrogens is 406 g/mol. The van der Waals surface area contributed by atoms with Gasteiger partial charge in [-0.2, -0.15) is 0 Å². The van der Waals surface area contributed by atoms with Gasteiger partial charge < -0.3 is 24.7 Å². The number of aromatic nitrogens is 1. The van der Waals surface area contributed by atoms with Gasteiger partial charge in [-0.15, -0.1) is 0 Å². The number of rotatable bonds is 4. The third kappa shape index (κ3) is 3.00. The van der Waals surface area contributed by atoms with E-state index in [-0.39, 0.29) is 18.0 Å². The summed E-state index contributed by atoms with van der Waals surface area (Å²) in [4.78, 5) is 9.37. The van der Waals surface area contributed by atoms with E-state index in [4.69, 9.17) is 29.7 Å². The van der Waals surface area contributed by atoms with Crippen molar-refractivity contribution in [3.8, 4) is 28.5 Å². The Morgan fingerprint density at radius 2 is 1.84 bits per heavy atom. The molecule has 1 fully saturated rings. The first-order chi connectivity index (χ1) is 15.5. The van der Waals surface area contributed by atoms with Crippen LogP contribution in [0.3, 0.4) is 0 Å². The predicted octanol–water partition coefficient (Wildman–Crippen LogP) is 3.86. The second kappa shape index (κ2) is 6.97. The zero-order valence-electron chi connectivity index (χ0n) is 17.7. The van der Waals surface area contributed by atoms with Crippen molar-refractivity contribution in [3.05, 3.63) is 71.9 Å². The van der Waals surface area contributed by atoms with E-state index in [0.29, 0.717) is 31.5 Å². The van der Waals surface area contributed by atoms with Gasteiger partial charge in [-0.05, 0) is 29.8 Å². The van der Waals surface area contributed by atoms with Gasteiger partial charge in [0.2, 0.25) is 5.88 Å². The first-order valence-corrected chi connectivity index (χ1v) is 10.6. The Balaban J connectivity index is 1.43. The lowest BCUT2D eigenvalue weighted by Crippen LogP contribution is -2.44. The van der Waals surface area contributed by atoms with Crippen molar-refractivity contribution in [2.45, 2.75) is 12.5 Å². The molecule has 32 heavy (non-hydrogen) atoms. The lowest BCUT2D eigenvalue weighted by molar-refractivity contribution is -0.120. The average molecular weight is 429 g/mol. The molecule has 0 radical (unpaired) electrons. The molecule has 1 spiro atoms. The molecule has 3 aliphatic rings. The standard InChI is InChI=1S/C25H23N3O4/c1-24(12-29-13-24)14-30-18-7-8-21-19(10-18)25(15-31-23(26)28-25)20-9-17(11-27-22(20)32-21)16-5-3-2-4-6-16/h2-11H,12-15H2,1H3,(H2,26,28). The number of nitrogens with two attached hydrogens (primary N) is 1. The van der Waals surface area contributed by atoms with E-state index in [9.17, 15) is 0 Å². The summed E-state index contributed by atoms with van der Waals surface area (Å²) in [6.07, 6.45) is 1.81. The van der Waals surface area contributed by atoms with Gasteiger partial charge in [0.15, 0.2) is 5.54 Å². The van der Waals surface area contributed by atoms with Gasteiger partial charge in [-0.25, -0.2) is 9.98 Å². The van der Waals surface area contributed by atoms with E-state index in [2.05, 4.69) is 18.0 Å². The molecule has 7 nitrogen and oxygen atoms in total. The van der Waals surface area contributed by atoms with Crippen LogP contribution in [0, 0.1) is 5.41 Å². The molecule has 2 aromatic carbocycles. The third-order valence-corrected chi connectivity index (χ3v) is 6.23. The molecular formula is C25H23N3O4. The van der Waals surface area contributed by atoms with Crippen LogP contribution >= 0.6 is 0 Å². The quantitative estimate of drug-likeness (QED) is 0.678. The fraction of sp³-hybridized carbons (Fsp3) is 0.280. The number of pyridine rings is 1. The summed E-state index contributed by atoms with van der Waals surface area (Å²) in [5.74, 6) is 1.92. The first-order valence-electron chi connectivity index (χ1n) is 10.6. The molecule has 0 aliphatic carbocycles. The van der Waals surface area contributed by atoms with Gasteiger partial charge in [0.1, 0.15) is 18.1 Å². The summed E-state index contributed by atoms with van der Waals surface area (Å²) in [7, 11) is 0. The number of hydrogen-bond acceptors (Lipinski definition) is 7. The summed E-state index contributed by atoms with van der Waals surface area (Å²) in [5.41, 5.74) is 8.92. The van der Waals surface area contributed by atoms with Crippen molar-refractivity contribution in [1.29, 1.82) is 0 Å². The maximum atomic E-state index is 6.17. The normalized spacial score (nSPS) is 22.1. The zero-order chi connectivity index (χ0) is 21.8. The molecule has 6 rings (SSSR count). The number of nitrogens with zero attached hydrogens (tertiary/aromatic N) is 2. The number of benzene rings is 2. The van der Waals surface area contributed by atoms with Crippen LogP contribution in [0.1, 0.15) is 18.1 Å². The third-order valence-electron chi connectivity index (χ3n) is 6.23. The van der Waals surface area contributed by atoms with Crippen LogP contribution in [-0.4, -0.2) is 37.4 Å². The van der Waals surface area contributed by atoms with Crippen LogP contribution in [0.2, 0.25) is 0 Å². The highest BCUT2D eigenvalue weighted by Crippen LogP contribution is 2.51. The molecule has 162 valence electrons. The van der Waals surface area contributed by atoms with Crippen LogP contribution < -0.4 is 15.2 Å². The van der Waals surface area contributed by atoms with Crippen molar-refractivity contribution in [1.82, 2.24) is 4.98 Å². The van der Waals surface area contributed by atoms with Crippen molar-refractivity contribution in [2.24, 2.45) is 16.1 Å². The maximum absolute atomic E-state index is 6.17. The highest BCUT2D eigenvalue weighted by Gasteiger charge is 2.48. The van der Waals surface area contributed by atoms with Gasteiger partial charge in [0, 0.05) is 22.7 Å². The van der Waals surface area contributed by atoms with E-state index < -0.39 is 5.54 Å². The second-order valence-corrected chi connectivity index (χ2v) is 8.89. The Morgan fingerprint density at radius 3 is 2.56 bits per heavy atom. The fourth-order valence-electron chi connectivity index (χ4n) is 4.38. The van der Waals surface area contributed by atoms with Crippen molar-refractivity contribution >= 4 is 6.02 Å². The van der Waals surface area contributed by atoms with E-state index in [1.54, 1.807) is 0 Å². The molecule has 1 atom stereocenters. The monoisotopic (exact) mass is 429 g/mol. The maximum Gasteiger partial charge on any atom is 0.283 e. The SMILES string of the molecule is CC1(COc2ccc3c(c2)C2(COC(N)=N2)c2cc(-c4ccccc4)cnc2O3)COC1. The average Bonchev–Trinajstić information content (AvgIpc) is 3.19. The number of ether oxygens (including phenoxy) is 4. The predicted molar refractivity (Wildman–Crippen MR) is 119 cm³/mol. The van der Waals surface area contributed by atoms with Crippen molar-refractivity contribution in [3.63, 3.8) is 0 Å². The molecule has 3 aliphatic heterocycles. The summed E-state index contributed by atoms with van der Waals surface area (Å²) in [5, 5.41) is 0. The van der Waals surface area contributed by atoms with E-state index >= 15 is 0 Å². The summed E-state index contributed by atoms with van der Waals surface area (Å²) < 4.78 is 23.3. The minimum absolute atomic E-state index is 0.0459. The number of aliphatic imine (C=N–C) groups is 1. The van der Waals surface area contributed by atoms with Crippen LogP contribution in [0.25, 0.3) is 11.1 Å². The molecule has 1 aromatic heterocycles. The Bertz CT molecular complexity index is 1220. The van der Waals surface area contributed by atoms with E-state index in [1.165, 1.54) is 0 Å². The van der Waals surface area contributed by atoms with Gasteiger partial charge in [0.25, 0.3) is 6.02 Å². The van der Waals surface area contributed by atoms with Crippen molar-refractivity contribution in [2.75, 3.05) is 26.4 Å². The Kier molecular flexibility index (Phi) is 4.16. The Labute approximate surface area is 185 Å². The van der Waals surface area contributed by atoms with Gasteiger partial charge >= 0.3 is 0 Å². The fourth-order valence-corrected chi connectivity index (χ4v) is 4.38. The molecule has 2 N–H and O–H groups in total. The number of amidine groups is 1. The Morgan fingerprint density at radius 1 is 1.00 bits per heavy atom. The van der Waals surface area contributed by atoms with Crippen LogP contribution in [0.4, 0.5) is 0 Å². The van der Waals surface area contributed by atoms with Crippen LogP contribution in [0.15, 0.2) is 65.8 Å². The molecule has 1 saturated heterocycles. The van der Waals surface area contributed by atoms with Crippen LogP contribution in [0.5, 0.6) is 17.4 Å². The van der Waals surface area contributed by atoms with E-state index in [0.717, 1.165) is 28.0 Å². The summed E-state index contributed by atoms with van der Waals surface area (Å²) >= 11 is 0. The molecule has 0 bridgehead atoms. The molecule has 0 saturated carbocycles. The number of hydrogen-bond donors (Lipinski definition) is 1. The van der Waals surface area contributed by atoms with Crippen molar-refractivity contribution < 1.29 is 18.9 Å². The lowest BCUT2D eigenvalue weighted by Gasteiger charge is -2.37. The number of fused-ring (bicyclic) bond motifs is 4. The molecule has 3 aromatic rings. The van der Waals surface area contributed by atoms with Crippen LogP contribution in [-0.2, 0) is 15.0 Å². The Hall–Kier alpha value is -3.58. The highest BCUT2D eigenvalue weighted by molar-refractivity contribution is 5.77. The van der Waals surface area contributed by atoms with Gasteiger partial charge in [-0.3, -0.25) is 0 Å². The highest BCUT2D eigenvalue weighted by atomic mass is 16.5. The molecule has 0 amide bonds. The molecule has 1 unspecified atom stereocenters. The topological polar surface area (TPSA) is 88.2 Å². The molecule has 4 heterocycles. The van der Waals surface area contributed by atoms with Gasteiger partial charge in [-0.1, -0.05) is 37.3 Å². The smallest absolute Gasteiger partial charge is 0.283 e. The van der Waals surface area contributed by atoms with E-state index in [1.807, 2.05) is 54.7 Å². The molecule has 7 heteroatoms. The first kappa shape index (κ1) is 19.1. The zero-order valence-corrected chi connectivity index (χ0v) is 17.7. The lowest BCUT2D eigenvalue weighted by atomic mass is 9.81.